The highest BCUT2D eigenvalue weighted by Crippen LogP contribution is 2.27. The van der Waals surface area contributed by atoms with E-state index in [9.17, 15) is 9.59 Å². The van der Waals surface area contributed by atoms with Gasteiger partial charge in [0.15, 0.2) is 0 Å². The lowest BCUT2D eigenvalue weighted by Gasteiger charge is -2.36. The lowest BCUT2D eigenvalue weighted by Crippen LogP contribution is -2.49. The van der Waals surface area contributed by atoms with Gasteiger partial charge >= 0.3 is 11.8 Å². The van der Waals surface area contributed by atoms with Crippen molar-refractivity contribution in [2.45, 2.75) is 0 Å². The number of ether oxygens (including phenoxy) is 2. The van der Waals surface area contributed by atoms with Crippen LogP contribution in [-0.4, -0.2) is 70.2 Å². The Morgan fingerprint density at radius 3 is 2.29 bits per heavy atom. The quantitative estimate of drug-likeness (QED) is 0.635. The summed E-state index contributed by atoms with van der Waals surface area (Å²) in [6.07, 6.45) is 0. The Balaban J connectivity index is 1.37. The number of carbonyl (C=O) groups is 2. The van der Waals surface area contributed by atoms with Crippen molar-refractivity contribution in [3.05, 3.63) is 47.5 Å². The molecule has 8 nitrogen and oxygen atoms in total. The maximum atomic E-state index is 12.1. The number of nitrogens with one attached hydrogen (secondary N) is 2. The molecule has 166 valence electrons. The zero-order valence-corrected chi connectivity index (χ0v) is 18.4. The normalized spacial score (nSPS) is 14.1. The Labute approximate surface area is 187 Å². The van der Waals surface area contributed by atoms with Crippen LogP contribution >= 0.6 is 11.6 Å². The summed E-state index contributed by atoms with van der Waals surface area (Å²) < 4.78 is 10.3. The van der Waals surface area contributed by atoms with E-state index < -0.39 is 11.8 Å². The second kappa shape index (κ2) is 10.9. The molecule has 1 saturated heterocycles. The van der Waals surface area contributed by atoms with Crippen LogP contribution in [0.4, 0.5) is 11.4 Å². The number of benzene rings is 2. The monoisotopic (exact) mass is 446 g/mol. The van der Waals surface area contributed by atoms with Crippen LogP contribution in [-0.2, 0) is 9.59 Å². The molecular weight excluding hydrogens is 420 g/mol. The van der Waals surface area contributed by atoms with Crippen molar-refractivity contribution in [3.8, 4) is 11.5 Å². The third-order valence-electron chi connectivity index (χ3n) is 5.14. The molecule has 0 spiro atoms. The minimum absolute atomic E-state index is 0.356. The molecule has 0 bridgehead atoms. The predicted molar refractivity (Wildman–Crippen MR) is 121 cm³/mol. The van der Waals surface area contributed by atoms with Gasteiger partial charge in [0.2, 0.25) is 0 Å². The van der Waals surface area contributed by atoms with Crippen LogP contribution < -0.4 is 25.0 Å². The Bertz CT molecular complexity index is 899. The van der Waals surface area contributed by atoms with Gasteiger partial charge in [-0.3, -0.25) is 14.5 Å². The van der Waals surface area contributed by atoms with Crippen LogP contribution in [0.3, 0.4) is 0 Å². The Hall–Kier alpha value is -2.97. The van der Waals surface area contributed by atoms with Crippen LogP contribution in [0.2, 0.25) is 5.02 Å². The average Bonchev–Trinajstić information content (AvgIpc) is 2.79. The number of piperazine rings is 1. The first-order chi connectivity index (χ1) is 15.0. The lowest BCUT2D eigenvalue weighted by atomic mass is 10.2. The fourth-order valence-electron chi connectivity index (χ4n) is 3.36. The highest BCUT2D eigenvalue weighted by atomic mass is 35.5. The van der Waals surface area contributed by atoms with Crippen LogP contribution in [0.15, 0.2) is 42.5 Å². The molecule has 0 saturated carbocycles. The summed E-state index contributed by atoms with van der Waals surface area (Å²) in [4.78, 5) is 28.7. The number of hydrogen-bond acceptors (Lipinski definition) is 6. The van der Waals surface area contributed by atoms with Crippen molar-refractivity contribution in [1.82, 2.24) is 10.2 Å². The molecule has 0 aromatic heterocycles. The average molecular weight is 447 g/mol. The first kappa shape index (κ1) is 22.7. The SMILES string of the molecule is COc1ccc(N2CCN(CCNC(=O)C(=O)Nc3ccc(OC)c(Cl)c3)CC2)cc1. The molecule has 31 heavy (non-hydrogen) atoms. The number of rotatable bonds is 7. The molecule has 1 heterocycles. The molecule has 3 rings (SSSR count). The topological polar surface area (TPSA) is 83.1 Å². The molecule has 9 heteroatoms. The number of amides is 2. The standard InChI is InChI=1S/C22H27ClN4O4/c1-30-18-6-4-17(5-7-18)27-13-11-26(12-14-27)10-9-24-21(28)22(29)25-16-3-8-20(31-2)19(23)15-16/h3-8,15H,9-14H2,1-2H3,(H,24,28)(H,25,29). The Morgan fingerprint density at radius 2 is 1.68 bits per heavy atom. The van der Waals surface area contributed by atoms with Crippen LogP contribution in [0.25, 0.3) is 0 Å². The minimum atomic E-state index is -0.731. The maximum absolute atomic E-state index is 12.1. The predicted octanol–water partition coefficient (Wildman–Crippen LogP) is 2.23. The molecule has 2 N–H and O–H groups in total. The third kappa shape index (κ3) is 6.26. The van der Waals surface area contributed by atoms with Gasteiger partial charge in [-0.15, -0.1) is 0 Å². The summed E-state index contributed by atoms with van der Waals surface area (Å²) in [5.41, 5.74) is 1.60. The first-order valence-electron chi connectivity index (χ1n) is 10.0. The van der Waals surface area contributed by atoms with Gasteiger partial charge in [0.1, 0.15) is 11.5 Å². The van der Waals surface area contributed by atoms with E-state index in [1.807, 2.05) is 12.1 Å². The Morgan fingerprint density at radius 1 is 0.968 bits per heavy atom. The molecule has 0 atom stereocenters. The van der Waals surface area contributed by atoms with Gasteiger partial charge in [0.25, 0.3) is 0 Å². The van der Waals surface area contributed by atoms with Crippen LogP contribution in [0.1, 0.15) is 0 Å². The van der Waals surface area contributed by atoms with Crippen LogP contribution in [0.5, 0.6) is 11.5 Å². The van der Waals surface area contributed by atoms with Gasteiger partial charge in [-0.25, -0.2) is 0 Å². The van der Waals surface area contributed by atoms with Gasteiger partial charge in [0, 0.05) is 50.6 Å². The molecule has 2 aromatic carbocycles. The molecule has 2 aromatic rings. The van der Waals surface area contributed by atoms with E-state index in [0.717, 1.165) is 31.9 Å². The summed E-state index contributed by atoms with van der Waals surface area (Å²) in [6, 6.07) is 12.8. The zero-order valence-electron chi connectivity index (χ0n) is 17.7. The largest absolute Gasteiger partial charge is 0.497 e. The van der Waals surface area contributed by atoms with Gasteiger partial charge < -0.3 is 25.0 Å². The van der Waals surface area contributed by atoms with Gasteiger partial charge in [-0.1, -0.05) is 11.6 Å². The summed E-state index contributed by atoms with van der Waals surface area (Å²) in [5.74, 6) is -0.0668. The van der Waals surface area contributed by atoms with Crippen molar-refractivity contribution >= 4 is 34.8 Å². The van der Waals surface area contributed by atoms with Crippen molar-refractivity contribution in [2.24, 2.45) is 0 Å². The van der Waals surface area contributed by atoms with E-state index in [2.05, 4.69) is 32.6 Å². The first-order valence-corrected chi connectivity index (χ1v) is 10.4. The zero-order chi connectivity index (χ0) is 22.2. The number of carbonyl (C=O) groups excluding carboxylic acids is 2. The smallest absolute Gasteiger partial charge is 0.313 e. The molecule has 0 aliphatic carbocycles. The lowest BCUT2D eigenvalue weighted by molar-refractivity contribution is -0.136. The summed E-state index contributed by atoms with van der Waals surface area (Å²) in [6.45, 7) is 4.66. The molecule has 1 aliphatic heterocycles. The molecular formula is C22H27ClN4O4. The summed E-state index contributed by atoms with van der Waals surface area (Å²) in [5, 5.41) is 5.56. The number of methoxy groups -OCH3 is 2. The fraction of sp³-hybridized carbons (Fsp3) is 0.364. The number of anilines is 2. The molecule has 2 amide bonds. The van der Waals surface area contributed by atoms with E-state index in [1.165, 1.54) is 18.9 Å². The van der Waals surface area contributed by atoms with E-state index in [0.29, 0.717) is 29.5 Å². The van der Waals surface area contributed by atoms with Crippen molar-refractivity contribution in [2.75, 3.05) is 63.7 Å². The van der Waals surface area contributed by atoms with Crippen molar-refractivity contribution in [1.29, 1.82) is 0 Å². The number of nitrogens with zero attached hydrogens (tertiary/aromatic N) is 2. The number of halogens is 1. The van der Waals surface area contributed by atoms with E-state index >= 15 is 0 Å². The van der Waals surface area contributed by atoms with Gasteiger partial charge in [-0.05, 0) is 42.5 Å². The fourth-order valence-corrected chi connectivity index (χ4v) is 3.62. The second-order valence-corrected chi connectivity index (χ2v) is 7.49. The van der Waals surface area contributed by atoms with Crippen molar-refractivity contribution in [3.63, 3.8) is 0 Å². The molecule has 0 unspecified atom stereocenters. The maximum Gasteiger partial charge on any atom is 0.313 e. The number of hydrogen-bond donors (Lipinski definition) is 2. The molecule has 1 aliphatic rings. The highest BCUT2D eigenvalue weighted by Gasteiger charge is 2.18. The van der Waals surface area contributed by atoms with E-state index in [4.69, 9.17) is 21.1 Å². The Kier molecular flexibility index (Phi) is 7.97. The van der Waals surface area contributed by atoms with Gasteiger partial charge in [-0.2, -0.15) is 0 Å². The third-order valence-corrected chi connectivity index (χ3v) is 5.43. The van der Waals surface area contributed by atoms with E-state index in [-0.39, 0.29) is 0 Å². The minimum Gasteiger partial charge on any atom is -0.497 e. The second-order valence-electron chi connectivity index (χ2n) is 7.09. The summed E-state index contributed by atoms with van der Waals surface area (Å²) in [7, 11) is 3.16. The van der Waals surface area contributed by atoms with Gasteiger partial charge in [0.05, 0.1) is 19.2 Å². The highest BCUT2D eigenvalue weighted by molar-refractivity contribution is 6.40. The van der Waals surface area contributed by atoms with Crippen LogP contribution in [0, 0.1) is 0 Å². The molecule has 1 fully saturated rings. The van der Waals surface area contributed by atoms with Crippen molar-refractivity contribution < 1.29 is 19.1 Å². The summed E-state index contributed by atoms with van der Waals surface area (Å²) >= 11 is 6.03. The van der Waals surface area contributed by atoms with E-state index in [1.54, 1.807) is 19.2 Å². The molecule has 0 radical (unpaired) electrons.